The molecule has 0 fully saturated rings. The standard InChI is InChI=1S/C22H24BrNO5/c1-22(2,13-7-6-10-19(26)27)20(17-14-15(23)11-12-18(17)25)29-21(28)24-16-8-4-3-5-9-16/h3-6,8-12,14,20,25H,7,13H2,1-2H3,(H,24,28)(H,26,27)/b10-6+/t20-/m0/s1. The minimum Gasteiger partial charge on any atom is -0.508 e. The predicted molar refractivity (Wildman–Crippen MR) is 115 cm³/mol. The third kappa shape index (κ3) is 6.94. The lowest BCUT2D eigenvalue weighted by atomic mass is 9.78. The van der Waals surface area contributed by atoms with Crippen molar-refractivity contribution < 1.29 is 24.5 Å². The highest BCUT2D eigenvalue weighted by atomic mass is 79.9. The summed E-state index contributed by atoms with van der Waals surface area (Å²) in [4.78, 5) is 23.2. The summed E-state index contributed by atoms with van der Waals surface area (Å²) in [5.74, 6) is -0.998. The van der Waals surface area contributed by atoms with Crippen molar-refractivity contribution in [2.24, 2.45) is 5.41 Å². The van der Waals surface area contributed by atoms with Gasteiger partial charge in [0.25, 0.3) is 0 Å². The van der Waals surface area contributed by atoms with Gasteiger partial charge in [-0.15, -0.1) is 0 Å². The highest BCUT2D eigenvalue weighted by molar-refractivity contribution is 9.10. The Balaban J connectivity index is 2.26. The number of carbonyl (C=O) groups is 2. The first-order valence-corrected chi connectivity index (χ1v) is 9.89. The summed E-state index contributed by atoms with van der Waals surface area (Å²) < 4.78 is 6.49. The molecule has 154 valence electrons. The minimum absolute atomic E-state index is 0.0138. The van der Waals surface area contributed by atoms with Crippen molar-refractivity contribution in [2.45, 2.75) is 32.8 Å². The van der Waals surface area contributed by atoms with Gasteiger partial charge in [-0.1, -0.05) is 54.1 Å². The third-order valence-corrected chi connectivity index (χ3v) is 4.94. The number of hydrogen-bond donors (Lipinski definition) is 3. The molecule has 0 saturated carbocycles. The lowest BCUT2D eigenvalue weighted by molar-refractivity contribution is -0.131. The van der Waals surface area contributed by atoms with Crippen molar-refractivity contribution in [3.63, 3.8) is 0 Å². The van der Waals surface area contributed by atoms with Crippen molar-refractivity contribution in [3.05, 3.63) is 70.7 Å². The molecule has 3 N–H and O–H groups in total. The van der Waals surface area contributed by atoms with Crippen LogP contribution < -0.4 is 5.32 Å². The number of carboxylic acid groups (broad SMARTS) is 1. The number of anilines is 1. The predicted octanol–water partition coefficient (Wildman–Crippen LogP) is 5.89. The van der Waals surface area contributed by atoms with E-state index in [1.165, 1.54) is 6.07 Å². The molecule has 29 heavy (non-hydrogen) atoms. The van der Waals surface area contributed by atoms with Gasteiger partial charge < -0.3 is 14.9 Å². The van der Waals surface area contributed by atoms with Crippen LogP contribution in [0.4, 0.5) is 10.5 Å². The summed E-state index contributed by atoms with van der Waals surface area (Å²) in [5.41, 5.74) is 0.474. The number of para-hydroxylation sites is 1. The van der Waals surface area contributed by atoms with Crippen LogP contribution in [0, 0.1) is 5.41 Å². The Morgan fingerprint density at radius 1 is 1.21 bits per heavy atom. The fourth-order valence-corrected chi connectivity index (χ4v) is 3.30. The van der Waals surface area contributed by atoms with E-state index in [9.17, 15) is 14.7 Å². The first kappa shape index (κ1) is 22.5. The van der Waals surface area contributed by atoms with Gasteiger partial charge in [0.1, 0.15) is 11.9 Å². The lowest BCUT2D eigenvalue weighted by Crippen LogP contribution is -2.29. The summed E-state index contributed by atoms with van der Waals surface area (Å²) in [6, 6.07) is 13.9. The lowest BCUT2D eigenvalue weighted by Gasteiger charge is -2.34. The Labute approximate surface area is 178 Å². The smallest absolute Gasteiger partial charge is 0.412 e. The van der Waals surface area contributed by atoms with Crippen LogP contribution in [0.1, 0.15) is 38.4 Å². The molecule has 2 aromatic carbocycles. The summed E-state index contributed by atoms with van der Waals surface area (Å²) in [6.07, 6.45) is 2.26. The summed E-state index contributed by atoms with van der Waals surface area (Å²) >= 11 is 3.39. The van der Waals surface area contributed by atoms with E-state index in [1.807, 2.05) is 19.9 Å². The number of amides is 1. The number of aromatic hydroxyl groups is 1. The molecule has 2 aromatic rings. The molecule has 0 aliphatic rings. The Morgan fingerprint density at radius 3 is 2.55 bits per heavy atom. The molecule has 0 spiro atoms. The van der Waals surface area contributed by atoms with Crippen molar-refractivity contribution in [1.82, 2.24) is 0 Å². The Bertz CT molecular complexity index is 880. The van der Waals surface area contributed by atoms with Crippen molar-refractivity contribution in [2.75, 3.05) is 5.32 Å². The van der Waals surface area contributed by atoms with E-state index >= 15 is 0 Å². The van der Waals surface area contributed by atoms with Gasteiger partial charge in [0.2, 0.25) is 0 Å². The second-order valence-corrected chi connectivity index (χ2v) is 8.16. The molecule has 1 atom stereocenters. The second-order valence-electron chi connectivity index (χ2n) is 7.25. The number of rotatable bonds is 8. The van der Waals surface area contributed by atoms with Gasteiger partial charge in [-0.05, 0) is 43.2 Å². The van der Waals surface area contributed by atoms with Gasteiger partial charge in [-0.25, -0.2) is 9.59 Å². The van der Waals surface area contributed by atoms with E-state index in [4.69, 9.17) is 9.84 Å². The number of halogens is 1. The third-order valence-electron chi connectivity index (χ3n) is 4.44. The first-order chi connectivity index (χ1) is 13.7. The molecule has 0 saturated heterocycles. The summed E-state index contributed by atoms with van der Waals surface area (Å²) in [7, 11) is 0. The zero-order valence-electron chi connectivity index (χ0n) is 16.3. The monoisotopic (exact) mass is 461 g/mol. The fraction of sp³-hybridized carbons (Fsp3) is 0.273. The average molecular weight is 462 g/mol. The molecule has 0 heterocycles. The molecular formula is C22H24BrNO5. The van der Waals surface area contributed by atoms with E-state index in [0.29, 0.717) is 24.1 Å². The Hall–Kier alpha value is -2.80. The fourth-order valence-electron chi connectivity index (χ4n) is 2.93. The first-order valence-electron chi connectivity index (χ1n) is 9.09. The number of carboxylic acids is 1. The van der Waals surface area contributed by atoms with Crippen LogP contribution in [-0.4, -0.2) is 22.3 Å². The highest BCUT2D eigenvalue weighted by Crippen LogP contribution is 2.44. The zero-order chi connectivity index (χ0) is 21.4. The van der Waals surface area contributed by atoms with Gasteiger partial charge >= 0.3 is 12.1 Å². The Morgan fingerprint density at radius 2 is 1.90 bits per heavy atom. The van der Waals surface area contributed by atoms with Crippen molar-refractivity contribution in [1.29, 1.82) is 0 Å². The van der Waals surface area contributed by atoms with Gasteiger partial charge in [0, 0.05) is 27.2 Å². The molecular weight excluding hydrogens is 438 g/mol. The number of aliphatic carboxylic acids is 1. The molecule has 0 bridgehead atoms. The normalized spacial score (nSPS) is 12.5. The van der Waals surface area contributed by atoms with E-state index in [-0.39, 0.29) is 5.75 Å². The molecule has 6 nitrogen and oxygen atoms in total. The number of allylic oxidation sites excluding steroid dienone is 1. The van der Waals surface area contributed by atoms with Crippen LogP contribution in [-0.2, 0) is 9.53 Å². The quantitative estimate of drug-likeness (QED) is 0.425. The summed E-state index contributed by atoms with van der Waals surface area (Å²) in [5, 5.41) is 21.8. The van der Waals surface area contributed by atoms with E-state index in [2.05, 4.69) is 21.2 Å². The number of phenolic OH excluding ortho intramolecular Hbond substituents is 1. The number of phenols is 1. The zero-order valence-corrected chi connectivity index (χ0v) is 17.8. The molecule has 2 rings (SSSR count). The van der Waals surface area contributed by atoms with Crippen LogP contribution in [0.3, 0.4) is 0 Å². The molecule has 0 aliphatic carbocycles. The maximum Gasteiger partial charge on any atom is 0.412 e. The number of nitrogens with one attached hydrogen (secondary N) is 1. The molecule has 0 aromatic heterocycles. The molecule has 0 aliphatic heterocycles. The SMILES string of the molecule is CC(C)(CC/C=C/C(=O)O)[C@@H](OC(=O)Nc1ccccc1)c1cc(Br)ccc1O. The van der Waals surface area contributed by atoms with E-state index < -0.39 is 23.6 Å². The number of hydrogen-bond acceptors (Lipinski definition) is 4. The minimum atomic E-state index is -1.01. The van der Waals surface area contributed by atoms with Gasteiger partial charge in [-0.3, -0.25) is 5.32 Å². The summed E-state index contributed by atoms with van der Waals surface area (Å²) in [6.45, 7) is 3.81. The second kappa shape index (κ2) is 10.1. The highest BCUT2D eigenvalue weighted by Gasteiger charge is 2.35. The van der Waals surface area contributed by atoms with Crippen molar-refractivity contribution >= 4 is 33.7 Å². The number of ether oxygens (including phenoxy) is 1. The van der Waals surface area contributed by atoms with Gasteiger partial charge in [-0.2, -0.15) is 0 Å². The molecule has 0 unspecified atom stereocenters. The van der Waals surface area contributed by atoms with E-state index in [1.54, 1.807) is 42.5 Å². The van der Waals surface area contributed by atoms with Crippen LogP contribution in [0.5, 0.6) is 5.75 Å². The maximum absolute atomic E-state index is 12.5. The largest absolute Gasteiger partial charge is 0.508 e. The van der Waals surface area contributed by atoms with Gasteiger partial charge in [0.05, 0.1) is 0 Å². The van der Waals surface area contributed by atoms with Crippen LogP contribution in [0.2, 0.25) is 0 Å². The molecule has 1 amide bonds. The van der Waals surface area contributed by atoms with Crippen LogP contribution in [0.25, 0.3) is 0 Å². The number of carbonyl (C=O) groups excluding carboxylic acids is 1. The Kier molecular flexibility index (Phi) is 7.84. The van der Waals surface area contributed by atoms with Crippen LogP contribution in [0.15, 0.2) is 65.2 Å². The van der Waals surface area contributed by atoms with E-state index in [0.717, 1.165) is 10.5 Å². The number of benzene rings is 2. The average Bonchev–Trinajstić information content (AvgIpc) is 2.66. The molecule has 0 radical (unpaired) electrons. The van der Waals surface area contributed by atoms with Gasteiger partial charge in [0.15, 0.2) is 0 Å². The maximum atomic E-state index is 12.5. The van der Waals surface area contributed by atoms with Crippen molar-refractivity contribution in [3.8, 4) is 5.75 Å². The van der Waals surface area contributed by atoms with Crippen LogP contribution >= 0.6 is 15.9 Å². The topological polar surface area (TPSA) is 95.9 Å². The molecule has 7 heteroatoms.